The number of nitrogens with one attached hydrogen (secondary N) is 4. The second-order valence-electron chi connectivity index (χ2n) is 4.70. The summed E-state index contributed by atoms with van der Waals surface area (Å²) in [4.78, 5) is 0. The van der Waals surface area contributed by atoms with Gasteiger partial charge >= 0.3 is 0 Å². The molecule has 1 aliphatic rings. The maximum absolute atomic E-state index is 8.03. The van der Waals surface area contributed by atoms with Crippen molar-refractivity contribution in [2.24, 2.45) is 0 Å². The normalized spacial score (nSPS) is 15.4. The van der Waals surface area contributed by atoms with Crippen molar-refractivity contribution in [1.82, 2.24) is 16.2 Å². The van der Waals surface area contributed by atoms with Crippen molar-refractivity contribution in [3.8, 4) is 5.75 Å². The molecule has 5 nitrogen and oxygen atoms in total. The van der Waals surface area contributed by atoms with Crippen LogP contribution in [0.4, 0.5) is 0 Å². The molecule has 0 aliphatic carbocycles. The van der Waals surface area contributed by atoms with Gasteiger partial charge in [0.1, 0.15) is 11.6 Å². The molecule has 1 aliphatic heterocycles. The first-order valence-electron chi connectivity index (χ1n) is 6.83. The first-order chi connectivity index (χ1) is 9.29. The molecule has 1 heterocycles. The number of rotatable bonds is 6. The summed E-state index contributed by atoms with van der Waals surface area (Å²) < 4.78 is 5.60. The fourth-order valence-electron chi connectivity index (χ4n) is 1.90. The summed E-state index contributed by atoms with van der Waals surface area (Å²) in [6, 6.07) is 7.96. The van der Waals surface area contributed by atoms with Gasteiger partial charge in [0.25, 0.3) is 0 Å². The second kappa shape index (κ2) is 7.11. The summed E-state index contributed by atoms with van der Waals surface area (Å²) in [6.07, 6.45) is 2.21. The van der Waals surface area contributed by atoms with Crippen LogP contribution >= 0.6 is 0 Å². The average molecular weight is 262 g/mol. The van der Waals surface area contributed by atoms with Gasteiger partial charge in [0.2, 0.25) is 0 Å². The van der Waals surface area contributed by atoms with E-state index in [2.05, 4.69) is 23.1 Å². The van der Waals surface area contributed by atoms with Crippen molar-refractivity contribution in [2.75, 3.05) is 19.7 Å². The summed E-state index contributed by atoms with van der Waals surface area (Å²) in [5, 5.41) is 11.2. The summed E-state index contributed by atoms with van der Waals surface area (Å²) in [5.74, 6) is 1.32. The maximum Gasteiger partial charge on any atom is 0.125 e. The van der Waals surface area contributed by atoms with Crippen LogP contribution in [0.5, 0.6) is 5.75 Å². The zero-order chi connectivity index (χ0) is 13.5. The lowest BCUT2D eigenvalue weighted by atomic mass is 10.2. The Morgan fingerprint density at radius 3 is 2.63 bits per heavy atom. The van der Waals surface area contributed by atoms with Gasteiger partial charge in [-0.05, 0) is 30.7 Å². The number of hydrazine groups is 1. The molecule has 5 heteroatoms. The standard InChI is InChI=1S/C14H22N4O/c1-2-3-8-19-13-6-4-11(5-7-13)14(15)18-12-9-16-17-10-12/h4-7,12,16-17H,2-3,8-10H2,1H3,(H2,15,18). The molecule has 0 saturated carbocycles. The van der Waals surface area contributed by atoms with Gasteiger partial charge in [-0.1, -0.05) is 13.3 Å². The van der Waals surface area contributed by atoms with Gasteiger partial charge in [0.15, 0.2) is 0 Å². The summed E-state index contributed by atoms with van der Waals surface area (Å²) in [5.41, 5.74) is 6.96. The van der Waals surface area contributed by atoms with Gasteiger partial charge < -0.3 is 10.1 Å². The fourth-order valence-corrected chi connectivity index (χ4v) is 1.90. The second-order valence-corrected chi connectivity index (χ2v) is 4.70. The Morgan fingerprint density at radius 1 is 1.32 bits per heavy atom. The first kappa shape index (κ1) is 13.8. The largest absolute Gasteiger partial charge is 0.494 e. The molecular weight excluding hydrogens is 240 g/mol. The average Bonchev–Trinajstić information content (AvgIpc) is 2.93. The quantitative estimate of drug-likeness (QED) is 0.354. The lowest BCUT2D eigenvalue weighted by molar-refractivity contribution is 0.309. The molecule has 0 radical (unpaired) electrons. The molecule has 19 heavy (non-hydrogen) atoms. The van der Waals surface area contributed by atoms with Crippen LogP contribution < -0.4 is 20.9 Å². The fraction of sp³-hybridized carbons (Fsp3) is 0.500. The molecule has 1 aromatic rings. The van der Waals surface area contributed by atoms with Crippen molar-refractivity contribution in [3.63, 3.8) is 0 Å². The summed E-state index contributed by atoms with van der Waals surface area (Å²) in [7, 11) is 0. The van der Waals surface area contributed by atoms with E-state index in [-0.39, 0.29) is 6.04 Å². The van der Waals surface area contributed by atoms with E-state index >= 15 is 0 Å². The molecule has 1 saturated heterocycles. The maximum atomic E-state index is 8.03. The zero-order valence-corrected chi connectivity index (χ0v) is 11.3. The number of amidine groups is 1. The van der Waals surface area contributed by atoms with Gasteiger partial charge in [-0.25, -0.2) is 0 Å². The van der Waals surface area contributed by atoms with Gasteiger partial charge in [-0.2, -0.15) is 0 Å². The molecule has 4 N–H and O–H groups in total. The third kappa shape index (κ3) is 4.22. The minimum Gasteiger partial charge on any atom is -0.494 e. The highest BCUT2D eigenvalue weighted by molar-refractivity contribution is 5.96. The Hall–Kier alpha value is -1.59. The van der Waals surface area contributed by atoms with Crippen molar-refractivity contribution in [3.05, 3.63) is 29.8 Å². The Labute approximate surface area is 114 Å². The number of unbranched alkanes of at least 4 members (excludes halogenated alkanes) is 1. The molecule has 1 fully saturated rings. The van der Waals surface area contributed by atoms with Crippen LogP contribution in [-0.2, 0) is 0 Å². The lowest BCUT2D eigenvalue weighted by Crippen LogP contribution is -2.38. The summed E-state index contributed by atoms with van der Waals surface area (Å²) >= 11 is 0. The highest BCUT2D eigenvalue weighted by atomic mass is 16.5. The Balaban J connectivity index is 1.84. The van der Waals surface area contributed by atoms with E-state index in [0.717, 1.165) is 43.9 Å². The Kier molecular flexibility index (Phi) is 5.18. The molecule has 0 unspecified atom stereocenters. The van der Waals surface area contributed by atoms with Crippen LogP contribution in [-0.4, -0.2) is 31.6 Å². The minimum atomic E-state index is 0.271. The topological polar surface area (TPSA) is 69.2 Å². The highest BCUT2D eigenvalue weighted by Gasteiger charge is 2.15. The number of hydrogen-bond donors (Lipinski definition) is 4. The monoisotopic (exact) mass is 262 g/mol. The van der Waals surface area contributed by atoms with Crippen molar-refractivity contribution in [2.45, 2.75) is 25.8 Å². The molecule has 2 rings (SSSR count). The number of benzene rings is 1. The van der Waals surface area contributed by atoms with Crippen LogP contribution in [0.1, 0.15) is 25.3 Å². The third-order valence-corrected chi connectivity index (χ3v) is 3.08. The zero-order valence-electron chi connectivity index (χ0n) is 11.3. The molecule has 104 valence electrons. The molecule has 0 aromatic heterocycles. The smallest absolute Gasteiger partial charge is 0.125 e. The highest BCUT2D eigenvalue weighted by Crippen LogP contribution is 2.12. The predicted molar refractivity (Wildman–Crippen MR) is 76.6 cm³/mol. The van der Waals surface area contributed by atoms with E-state index in [1.54, 1.807) is 0 Å². The van der Waals surface area contributed by atoms with Crippen LogP contribution in [0.25, 0.3) is 0 Å². The van der Waals surface area contributed by atoms with Gasteiger partial charge in [0.05, 0.1) is 12.6 Å². The molecule has 0 spiro atoms. The summed E-state index contributed by atoms with van der Waals surface area (Å²) in [6.45, 7) is 4.57. The van der Waals surface area contributed by atoms with Crippen LogP contribution in [0.3, 0.4) is 0 Å². The van der Waals surface area contributed by atoms with E-state index < -0.39 is 0 Å². The van der Waals surface area contributed by atoms with Crippen molar-refractivity contribution < 1.29 is 4.74 Å². The molecule has 0 amide bonds. The molecule has 0 bridgehead atoms. The first-order valence-corrected chi connectivity index (χ1v) is 6.83. The minimum absolute atomic E-state index is 0.271. The van der Waals surface area contributed by atoms with Crippen LogP contribution in [0, 0.1) is 5.41 Å². The van der Waals surface area contributed by atoms with E-state index in [0.29, 0.717) is 5.84 Å². The SMILES string of the molecule is CCCCOc1ccc(C(=N)NC2CNNC2)cc1. The van der Waals surface area contributed by atoms with Gasteiger partial charge in [-0.3, -0.25) is 16.3 Å². The molecule has 1 aromatic carbocycles. The predicted octanol–water partition coefficient (Wildman–Crippen LogP) is 1.26. The Bertz CT molecular complexity index is 398. The number of hydrogen-bond acceptors (Lipinski definition) is 4. The molecular formula is C14H22N4O. The van der Waals surface area contributed by atoms with E-state index in [9.17, 15) is 0 Å². The van der Waals surface area contributed by atoms with E-state index in [4.69, 9.17) is 10.1 Å². The van der Waals surface area contributed by atoms with Crippen LogP contribution in [0.15, 0.2) is 24.3 Å². The van der Waals surface area contributed by atoms with Gasteiger partial charge in [0, 0.05) is 18.7 Å². The van der Waals surface area contributed by atoms with Crippen molar-refractivity contribution >= 4 is 5.84 Å². The lowest BCUT2D eigenvalue weighted by Gasteiger charge is -2.13. The van der Waals surface area contributed by atoms with Gasteiger partial charge in [-0.15, -0.1) is 0 Å². The van der Waals surface area contributed by atoms with Crippen LogP contribution in [0.2, 0.25) is 0 Å². The van der Waals surface area contributed by atoms with E-state index in [1.165, 1.54) is 0 Å². The van der Waals surface area contributed by atoms with Crippen molar-refractivity contribution in [1.29, 1.82) is 5.41 Å². The third-order valence-electron chi connectivity index (χ3n) is 3.08. The Morgan fingerprint density at radius 2 is 2.00 bits per heavy atom. The van der Waals surface area contributed by atoms with E-state index in [1.807, 2.05) is 24.3 Å². The molecule has 0 atom stereocenters. The number of ether oxygens (including phenoxy) is 1.